The average Bonchev–Trinajstić information content (AvgIpc) is 2.05. The fourth-order valence-electron chi connectivity index (χ4n) is 0.629. The molecule has 0 saturated carbocycles. The van der Waals surface area contributed by atoms with Crippen molar-refractivity contribution in [2.45, 2.75) is 39.2 Å². The monoisotopic (exact) mass is 190 g/mol. The Hall–Kier alpha value is -0.650. The van der Waals surface area contributed by atoms with E-state index in [1.807, 2.05) is 26.4 Å². The zero-order chi connectivity index (χ0) is 10.3. The lowest BCUT2D eigenvalue weighted by Gasteiger charge is -2.22. The highest BCUT2D eigenvalue weighted by atomic mass is 16.7. The molecular weight excluding hydrogens is 172 g/mol. The van der Waals surface area contributed by atoms with Crippen LogP contribution in [0.4, 0.5) is 0 Å². The first-order chi connectivity index (χ1) is 6.02. The molecular formula is C8H18N2O3. The second-order valence-electron chi connectivity index (χ2n) is 3.30. The van der Waals surface area contributed by atoms with Gasteiger partial charge in [-0.25, -0.2) is 5.84 Å². The number of hydrazine groups is 1. The van der Waals surface area contributed by atoms with Gasteiger partial charge in [-0.2, -0.15) is 0 Å². The lowest BCUT2D eigenvalue weighted by atomic mass is 10.1. The summed E-state index contributed by atoms with van der Waals surface area (Å²) < 4.78 is 5.43. The minimum absolute atomic E-state index is 0.184. The molecule has 0 rings (SSSR count). The molecule has 0 saturated heterocycles. The Bertz CT molecular complexity index is 159. The summed E-state index contributed by atoms with van der Waals surface area (Å²) >= 11 is 0. The standard InChI is InChI=1S/C8H18N2O3/c1-4-8(2,3)12-6-5-7(11)13-10-9/h10H,4-6,9H2,1-3H3. The topological polar surface area (TPSA) is 73.6 Å². The Morgan fingerprint density at radius 1 is 1.54 bits per heavy atom. The minimum Gasteiger partial charge on any atom is -0.375 e. The maximum absolute atomic E-state index is 10.8. The smallest absolute Gasteiger partial charge is 0.328 e. The van der Waals surface area contributed by atoms with E-state index >= 15 is 0 Å². The van der Waals surface area contributed by atoms with Crippen LogP contribution in [0.2, 0.25) is 0 Å². The Balaban J connectivity index is 3.50. The Kier molecular flexibility index (Phi) is 5.61. The maximum Gasteiger partial charge on any atom is 0.328 e. The largest absolute Gasteiger partial charge is 0.375 e. The molecule has 0 aromatic rings. The van der Waals surface area contributed by atoms with Gasteiger partial charge in [-0.3, -0.25) is 4.79 Å². The molecule has 0 aliphatic heterocycles. The summed E-state index contributed by atoms with van der Waals surface area (Å²) in [6.45, 7) is 6.32. The third-order valence-electron chi connectivity index (χ3n) is 1.82. The van der Waals surface area contributed by atoms with Crippen molar-refractivity contribution < 1.29 is 14.4 Å². The van der Waals surface area contributed by atoms with Gasteiger partial charge in [0.25, 0.3) is 0 Å². The van der Waals surface area contributed by atoms with Crippen LogP contribution >= 0.6 is 0 Å². The second-order valence-corrected chi connectivity index (χ2v) is 3.30. The number of hydrogen-bond donors (Lipinski definition) is 2. The first-order valence-electron chi connectivity index (χ1n) is 4.31. The first kappa shape index (κ1) is 12.3. The minimum atomic E-state index is -0.422. The summed E-state index contributed by atoms with van der Waals surface area (Å²) in [7, 11) is 0. The number of ether oxygens (including phenoxy) is 1. The van der Waals surface area contributed by atoms with E-state index in [0.717, 1.165) is 6.42 Å². The molecule has 0 amide bonds. The molecule has 0 spiro atoms. The van der Waals surface area contributed by atoms with Gasteiger partial charge in [0.1, 0.15) is 0 Å². The highest BCUT2D eigenvalue weighted by molar-refractivity contribution is 5.69. The van der Waals surface area contributed by atoms with Gasteiger partial charge in [0.15, 0.2) is 0 Å². The number of carbonyl (C=O) groups excluding carboxylic acids is 1. The van der Waals surface area contributed by atoms with Crippen LogP contribution in [0.25, 0.3) is 0 Å². The third kappa shape index (κ3) is 6.51. The third-order valence-corrected chi connectivity index (χ3v) is 1.82. The van der Waals surface area contributed by atoms with E-state index in [-0.39, 0.29) is 12.0 Å². The van der Waals surface area contributed by atoms with Gasteiger partial charge in [-0.15, -0.1) is 0 Å². The summed E-state index contributed by atoms with van der Waals surface area (Å²) in [5.74, 6) is 4.36. The van der Waals surface area contributed by atoms with Gasteiger partial charge in [0, 0.05) is 0 Å². The number of hydrogen-bond acceptors (Lipinski definition) is 5. The van der Waals surface area contributed by atoms with Crippen molar-refractivity contribution in [3.05, 3.63) is 0 Å². The molecule has 5 heteroatoms. The molecule has 0 atom stereocenters. The number of nitrogens with two attached hydrogens (primary N) is 1. The SMILES string of the molecule is CCC(C)(C)OCCC(=O)ONN. The van der Waals surface area contributed by atoms with Crippen molar-refractivity contribution in [3.63, 3.8) is 0 Å². The van der Waals surface area contributed by atoms with Gasteiger partial charge in [0.05, 0.1) is 18.6 Å². The molecule has 3 N–H and O–H groups in total. The Morgan fingerprint density at radius 3 is 2.62 bits per heavy atom. The molecule has 78 valence electrons. The molecule has 0 unspecified atom stereocenters. The van der Waals surface area contributed by atoms with Crippen molar-refractivity contribution in [2.24, 2.45) is 5.84 Å². The predicted molar refractivity (Wildman–Crippen MR) is 48.4 cm³/mol. The van der Waals surface area contributed by atoms with Crippen LogP contribution in [0.15, 0.2) is 0 Å². The molecule has 0 aliphatic rings. The van der Waals surface area contributed by atoms with Gasteiger partial charge in [-0.1, -0.05) is 12.5 Å². The van der Waals surface area contributed by atoms with E-state index in [2.05, 4.69) is 4.84 Å². The van der Waals surface area contributed by atoms with Crippen LogP contribution in [0, 0.1) is 0 Å². The summed E-state index contributed by atoms with van der Waals surface area (Å²) in [6, 6.07) is 0. The summed E-state index contributed by atoms with van der Waals surface area (Å²) in [5, 5.41) is 0. The molecule has 0 radical (unpaired) electrons. The average molecular weight is 190 g/mol. The van der Waals surface area contributed by atoms with E-state index in [9.17, 15) is 4.79 Å². The van der Waals surface area contributed by atoms with Crippen molar-refractivity contribution in [1.29, 1.82) is 0 Å². The van der Waals surface area contributed by atoms with E-state index < -0.39 is 5.97 Å². The van der Waals surface area contributed by atoms with E-state index in [1.54, 1.807) is 0 Å². The molecule has 0 aromatic carbocycles. The summed E-state index contributed by atoms with van der Waals surface area (Å²) in [4.78, 5) is 15.1. The van der Waals surface area contributed by atoms with Crippen molar-refractivity contribution in [2.75, 3.05) is 6.61 Å². The highest BCUT2D eigenvalue weighted by Gasteiger charge is 2.15. The normalized spacial score (nSPS) is 11.4. The number of carbonyl (C=O) groups is 1. The molecule has 5 nitrogen and oxygen atoms in total. The van der Waals surface area contributed by atoms with E-state index in [1.165, 1.54) is 0 Å². The summed E-state index contributed by atoms with van der Waals surface area (Å²) in [6.07, 6.45) is 1.10. The Labute approximate surface area is 78.5 Å². The van der Waals surface area contributed by atoms with E-state index in [0.29, 0.717) is 6.61 Å². The van der Waals surface area contributed by atoms with Crippen molar-refractivity contribution in [1.82, 2.24) is 5.59 Å². The van der Waals surface area contributed by atoms with Crippen LogP contribution in [0.5, 0.6) is 0 Å². The van der Waals surface area contributed by atoms with Crippen molar-refractivity contribution in [3.8, 4) is 0 Å². The van der Waals surface area contributed by atoms with Crippen LogP contribution in [0.1, 0.15) is 33.6 Å². The zero-order valence-corrected chi connectivity index (χ0v) is 8.42. The zero-order valence-electron chi connectivity index (χ0n) is 8.42. The summed E-state index contributed by atoms with van der Waals surface area (Å²) in [5.41, 5.74) is 1.64. The van der Waals surface area contributed by atoms with Gasteiger partial charge >= 0.3 is 5.97 Å². The van der Waals surface area contributed by atoms with Gasteiger partial charge < -0.3 is 9.57 Å². The van der Waals surface area contributed by atoms with Crippen LogP contribution in [-0.4, -0.2) is 18.2 Å². The first-order valence-corrected chi connectivity index (χ1v) is 4.31. The number of nitrogens with one attached hydrogen (secondary N) is 1. The number of rotatable bonds is 6. The quantitative estimate of drug-likeness (QED) is 0.471. The molecule has 0 aliphatic carbocycles. The molecule has 0 bridgehead atoms. The maximum atomic E-state index is 10.8. The van der Waals surface area contributed by atoms with Crippen LogP contribution in [0.3, 0.4) is 0 Å². The fourth-order valence-corrected chi connectivity index (χ4v) is 0.629. The van der Waals surface area contributed by atoms with Gasteiger partial charge in [0.2, 0.25) is 0 Å². The lowest BCUT2D eigenvalue weighted by molar-refractivity contribution is -0.153. The second kappa shape index (κ2) is 5.90. The van der Waals surface area contributed by atoms with Crippen LogP contribution in [-0.2, 0) is 14.4 Å². The van der Waals surface area contributed by atoms with E-state index in [4.69, 9.17) is 10.6 Å². The predicted octanol–water partition coefficient (Wildman–Crippen LogP) is 0.503. The van der Waals surface area contributed by atoms with Gasteiger partial charge in [-0.05, 0) is 20.3 Å². The highest BCUT2D eigenvalue weighted by Crippen LogP contribution is 2.13. The molecule has 0 aromatic heterocycles. The molecule has 0 fully saturated rings. The molecule has 0 heterocycles. The lowest BCUT2D eigenvalue weighted by Crippen LogP contribution is -2.28. The van der Waals surface area contributed by atoms with Crippen molar-refractivity contribution >= 4 is 5.97 Å². The van der Waals surface area contributed by atoms with Crippen LogP contribution < -0.4 is 11.4 Å². The molecule has 13 heavy (non-hydrogen) atoms. The Morgan fingerprint density at radius 2 is 2.15 bits per heavy atom. The fraction of sp³-hybridized carbons (Fsp3) is 0.875.